The molecule has 6 heteroatoms. The fraction of sp³-hybridized carbons (Fsp3) is 0.321. The molecule has 0 aliphatic heterocycles. The number of aromatic hydroxyl groups is 1. The summed E-state index contributed by atoms with van der Waals surface area (Å²) in [6, 6.07) is 18.5. The summed E-state index contributed by atoms with van der Waals surface area (Å²) in [6.45, 7) is 0.751. The molecule has 34 heavy (non-hydrogen) atoms. The highest BCUT2D eigenvalue weighted by Crippen LogP contribution is 2.43. The second-order valence-electron chi connectivity index (χ2n) is 9.24. The predicted molar refractivity (Wildman–Crippen MR) is 129 cm³/mol. The Morgan fingerprint density at radius 1 is 1.09 bits per heavy atom. The van der Waals surface area contributed by atoms with Gasteiger partial charge in [-0.15, -0.1) is 0 Å². The van der Waals surface area contributed by atoms with Gasteiger partial charge in [-0.3, -0.25) is 0 Å². The van der Waals surface area contributed by atoms with Crippen LogP contribution >= 0.6 is 0 Å². The number of benzene rings is 3. The minimum absolute atomic E-state index is 0.0610. The molecule has 3 aromatic carbocycles. The van der Waals surface area contributed by atoms with Gasteiger partial charge in [0, 0.05) is 18.0 Å². The Hall–Kier alpha value is -3.22. The maximum atomic E-state index is 14.9. The molecule has 2 unspecified atom stereocenters. The average Bonchev–Trinajstić information content (AvgIpc) is 2.83. The topological polar surface area (TPSA) is 70.0 Å². The van der Waals surface area contributed by atoms with Crippen LogP contribution in [0.25, 0.3) is 11.1 Å². The van der Waals surface area contributed by atoms with E-state index in [1.807, 2.05) is 26.2 Å². The van der Waals surface area contributed by atoms with Crippen molar-refractivity contribution in [2.75, 3.05) is 20.6 Å². The molecule has 0 amide bonds. The van der Waals surface area contributed by atoms with E-state index < -0.39 is 23.1 Å². The molecule has 1 saturated carbocycles. The second kappa shape index (κ2) is 9.95. The Labute approximate surface area is 199 Å². The van der Waals surface area contributed by atoms with E-state index in [2.05, 4.69) is 4.90 Å². The van der Waals surface area contributed by atoms with Crippen molar-refractivity contribution in [2.45, 2.75) is 31.3 Å². The first-order chi connectivity index (χ1) is 16.3. The normalized spacial score (nSPS) is 20.3. The molecule has 1 fully saturated rings. The van der Waals surface area contributed by atoms with Crippen LogP contribution in [-0.2, 0) is 5.60 Å². The number of halogens is 1. The third kappa shape index (κ3) is 4.83. The lowest BCUT2D eigenvalue weighted by atomic mass is 9.71. The van der Waals surface area contributed by atoms with Crippen molar-refractivity contribution in [3.8, 4) is 22.6 Å². The monoisotopic (exact) mass is 463 g/mol. The molecule has 0 saturated heterocycles. The largest absolute Gasteiger partial charge is 0.504 e. The zero-order chi connectivity index (χ0) is 24.3. The average molecular weight is 464 g/mol. The zero-order valence-corrected chi connectivity index (χ0v) is 19.5. The smallest absolute Gasteiger partial charge is 0.347 e. The zero-order valence-electron chi connectivity index (χ0n) is 19.5. The van der Waals surface area contributed by atoms with Crippen molar-refractivity contribution in [2.24, 2.45) is 5.92 Å². The van der Waals surface area contributed by atoms with Crippen molar-refractivity contribution in [3.63, 3.8) is 0 Å². The van der Waals surface area contributed by atoms with E-state index in [1.54, 1.807) is 42.5 Å². The molecule has 3 aromatic rings. The van der Waals surface area contributed by atoms with Gasteiger partial charge >= 0.3 is 5.97 Å². The Morgan fingerprint density at radius 3 is 2.59 bits per heavy atom. The molecule has 2 N–H and O–H groups in total. The lowest BCUT2D eigenvalue weighted by Crippen LogP contribution is -2.43. The number of nitrogens with zero attached hydrogens (tertiary/aromatic N) is 1. The van der Waals surface area contributed by atoms with Gasteiger partial charge in [0.05, 0.1) is 5.60 Å². The number of hydrogen-bond donors (Lipinski definition) is 2. The minimum Gasteiger partial charge on any atom is -0.504 e. The molecular formula is C28H30FNO4. The van der Waals surface area contributed by atoms with E-state index >= 15 is 0 Å². The van der Waals surface area contributed by atoms with Crippen molar-refractivity contribution < 1.29 is 24.1 Å². The molecule has 5 nitrogen and oxygen atoms in total. The first-order valence-electron chi connectivity index (χ1n) is 11.6. The molecule has 1 aliphatic carbocycles. The van der Waals surface area contributed by atoms with Gasteiger partial charge in [0.1, 0.15) is 11.3 Å². The van der Waals surface area contributed by atoms with Gasteiger partial charge in [-0.25, -0.2) is 9.18 Å². The van der Waals surface area contributed by atoms with Crippen LogP contribution in [0, 0.1) is 11.7 Å². The Bertz CT molecular complexity index is 1160. The molecule has 178 valence electrons. The summed E-state index contributed by atoms with van der Waals surface area (Å²) in [7, 11) is 3.98. The summed E-state index contributed by atoms with van der Waals surface area (Å²) in [5.74, 6) is -2.20. The molecule has 0 heterocycles. The van der Waals surface area contributed by atoms with Crippen LogP contribution in [0.5, 0.6) is 11.5 Å². The van der Waals surface area contributed by atoms with Crippen molar-refractivity contribution in [3.05, 3.63) is 83.7 Å². The highest BCUT2D eigenvalue weighted by atomic mass is 19.1. The number of esters is 1. The SMILES string of the molecule is CN(C)CC1CCCCC1(O)c1cccc(OC(=O)c2ccc(-c3ccccc3)c(F)c2O)c1. The van der Waals surface area contributed by atoms with Gasteiger partial charge in [0.15, 0.2) is 11.6 Å². The van der Waals surface area contributed by atoms with Gasteiger partial charge in [0.2, 0.25) is 0 Å². The molecule has 0 spiro atoms. The minimum atomic E-state index is -1.02. The highest BCUT2D eigenvalue weighted by molar-refractivity contribution is 5.95. The maximum absolute atomic E-state index is 14.9. The Kier molecular flexibility index (Phi) is 7.00. The second-order valence-corrected chi connectivity index (χ2v) is 9.24. The third-order valence-corrected chi connectivity index (χ3v) is 6.59. The van der Waals surface area contributed by atoms with Crippen LogP contribution in [0.3, 0.4) is 0 Å². The number of aliphatic hydroxyl groups is 1. The van der Waals surface area contributed by atoms with Crippen LogP contribution in [0.2, 0.25) is 0 Å². The quantitative estimate of drug-likeness (QED) is 0.381. The van der Waals surface area contributed by atoms with Crippen LogP contribution < -0.4 is 4.74 Å². The Balaban J connectivity index is 1.58. The number of hydrogen-bond acceptors (Lipinski definition) is 5. The fourth-order valence-corrected chi connectivity index (χ4v) is 4.85. The van der Waals surface area contributed by atoms with Crippen molar-refractivity contribution in [1.82, 2.24) is 4.90 Å². The van der Waals surface area contributed by atoms with E-state index in [9.17, 15) is 19.4 Å². The highest BCUT2D eigenvalue weighted by Gasteiger charge is 2.40. The maximum Gasteiger partial charge on any atom is 0.347 e. The first kappa shape index (κ1) is 23.9. The van der Waals surface area contributed by atoms with Crippen molar-refractivity contribution >= 4 is 5.97 Å². The molecule has 2 atom stereocenters. The standard InChI is InChI=1S/C28H30FNO4/c1-30(2)18-21-11-6-7-16-28(21,33)20-12-8-13-22(17-20)34-27(32)24-15-14-23(25(29)26(24)31)19-9-4-3-5-10-19/h3-5,8-10,12-15,17,21,31,33H,6-7,11,16,18H2,1-2H3. The van der Waals surface area contributed by atoms with E-state index in [1.165, 1.54) is 12.1 Å². The molecule has 0 radical (unpaired) electrons. The van der Waals surface area contributed by atoms with E-state index in [0.29, 0.717) is 17.5 Å². The number of phenols is 1. The molecule has 4 rings (SSSR count). The Morgan fingerprint density at radius 2 is 1.85 bits per heavy atom. The number of carbonyl (C=O) groups excluding carboxylic acids is 1. The van der Waals surface area contributed by atoms with Gasteiger partial charge in [-0.05, 0) is 56.3 Å². The number of ether oxygens (including phenoxy) is 1. The van der Waals surface area contributed by atoms with Crippen LogP contribution in [0.1, 0.15) is 41.6 Å². The van der Waals surface area contributed by atoms with E-state index in [0.717, 1.165) is 25.8 Å². The predicted octanol–water partition coefficient (Wildman–Crippen LogP) is 5.36. The van der Waals surface area contributed by atoms with Gasteiger partial charge < -0.3 is 19.8 Å². The summed E-state index contributed by atoms with van der Waals surface area (Å²) in [4.78, 5) is 14.9. The van der Waals surface area contributed by atoms with Crippen LogP contribution in [-0.4, -0.2) is 41.7 Å². The van der Waals surface area contributed by atoms with E-state index in [4.69, 9.17) is 4.74 Å². The fourth-order valence-electron chi connectivity index (χ4n) is 4.85. The van der Waals surface area contributed by atoms with Gasteiger partial charge in [-0.2, -0.15) is 0 Å². The van der Waals surface area contributed by atoms with Gasteiger partial charge in [0.25, 0.3) is 0 Å². The van der Waals surface area contributed by atoms with Crippen LogP contribution in [0.15, 0.2) is 66.7 Å². The van der Waals surface area contributed by atoms with Crippen LogP contribution in [0.4, 0.5) is 4.39 Å². The third-order valence-electron chi connectivity index (χ3n) is 6.59. The first-order valence-corrected chi connectivity index (χ1v) is 11.6. The van der Waals surface area contributed by atoms with E-state index in [-0.39, 0.29) is 22.8 Å². The number of carbonyl (C=O) groups is 1. The summed E-state index contributed by atoms with van der Waals surface area (Å²) in [6.07, 6.45) is 3.54. The molecule has 0 bridgehead atoms. The lowest BCUT2D eigenvalue weighted by molar-refractivity contribution is -0.0619. The lowest BCUT2D eigenvalue weighted by Gasteiger charge is -2.41. The van der Waals surface area contributed by atoms with Gasteiger partial charge in [-0.1, -0.05) is 61.4 Å². The summed E-state index contributed by atoms with van der Waals surface area (Å²) < 4.78 is 20.3. The number of phenolic OH excluding ortho intramolecular Hbond substituents is 1. The molecule has 1 aliphatic rings. The summed E-state index contributed by atoms with van der Waals surface area (Å²) in [5, 5.41) is 22.0. The summed E-state index contributed by atoms with van der Waals surface area (Å²) in [5.41, 5.74) is 0.207. The number of rotatable bonds is 6. The molecule has 0 aromatic heterocycles. The molecular weight excluding hydrogens is 433 g/mol. The summed E-state index contributed by atoms with van der Waals surface area (Å²) >= 11 is 0. The van der Waals surface area contributed by atoms with Crippen molar-refractivity contribution in [1.29, 1.82) is 0 Å².